The molecule has 0 unspecified atom stereocenters. The van der Waals surface area contributed by atoms with Gasteiger partial charge in [0, 0.05) is 14.5 Å². The van der Waals surface area contributed by atoms with Gasteiger partial charge in [0.2, 0.25) is 0 Å². The largest absolute Gasteiger partial charge is 0.0714 e. The number of fused-ring (bicyclic) bond motifs is 3. The minimum absolute atomic E-state index is 0.348. The van der Waals surface area contributed by atoms with Crippen LogP contribution in [0, 0.1) is 13.8 Å². The number of hydrogen-bond donors (Lipinski definition) is 0. The Morgan fingerprint density at radius 2 is 1.21 bits per heavy atom. The van der Waals surface area contributed by atoms with Gasteiger partial charge in [-0.15, -0.1) is 0 Å². The van der Waals surface area contributed by atoms with Crippen molar-refractivity contribution in [2.75, 3.05) is 0 Å². The van der Waals surface area contributed by atoms with Gasteiger partial charge in [0.15, 0.2) is 0 Å². The summed E-state index contributed by atoms with van der Waals surface area (Å²) in [7, 11) is 0. The number of benzene rings is 4. The van der Waals surface area contributed by atoms with Crippen LogP contribution < -0.4 is 0 Å². The number of halogens is 2. The van der Waals surface area contributed by atoms with Crippen LogP contribution in [0.4, 0.5) is 0 Å². The molecule has 0 aliphatic heterocycles. The molecule has 0 aromatic heterocycles. The molecule has 4 aromatic carbocycles. The summed E-state index contributed by atoms with van der Waals surface area (Å²) in [4.78, 5) is 0. The van der Waals surface area contributed by atoms with Gasteiger partial charge in [-0.25, -0.2) is 0 Å². The fourth-order valence-electron chi connectivity index (χ4n) is 4.70. The molecule has 0 radical (unpaired) electrons. The van der Waals surface area contributed by atoms with Gasteiger partial charge >= 0.3 is 0 Å². The highest BCUT2D eigenvalue weighted by molar-refractivity contribution is 9.10. The van der Waals surface area contributed by atoms with Gasteiger partial charge in [-0.2, -0.15) is 0 Å². The van der Waals surface area contributed by atoms with Gasteiger partial charge in [-0.3, -0.25) is 0 Å². The molecule has 0 nitrogen and oxygen atoms in total. The van der Waals surface area contributed by atoms with Crippen molar-refractivity contribution >= 4 is 31.9 Å². The highest BCUT2D eigenvalue weighted by atomic mass is 79.9. The fraction of sp³-hybridized carbons (Fsp3) is 0.111. The summed E-state index contributed by atoms with van der Waals surface area (Å²) >= 11 is 7.58. The lowest BCUT2D eigenvalue weighted by Gasteiger charge is -2.34. The molecule has 0 saturated heterocycles. The topological polar surface area (TPSA) is 0 Å². The van der Waals surface area contributed by atoms with Crippen molar-refractivity contribution in [1.29, 1.82) is 0 Å². The number of rotatable bonds is 2. The van der Waals surface area contributed by atoms with Gasteiger partial charge in [0.05, 0.1) is 5.41 Å². The third-order valence-electron chi connectivity index (χ3n) is 6.04. The van der Waals surface area contributed by atoms with Crippen LogP contribution in [0.1, 0.15) is 33.4 Å². The SMILES string of the molecule is Cc1ccc(C2(c3ccc(C)cc3)c3cc(Br)ccc3-c3c(Br)cccc32)cc1. The molecule has 142 valence electrons. The van der Waals surface area contributed by atoms with Crippen LogP contribution in [0.15, 0.2) is 93.9 Å². The lowest BCUT2D eigenvalue weighted by molar-refractivity contribution is 0.766. The van der Waals surface area contributed by atoms with E-state index in [1.807, 2.05) is 0 Å². The normalized spacial score (nSPS) is 13.8. The zero-order valence-electron chi connectivity index (χ0n) is 16.3. The second kappa shape index (κ2) is 6.97. The Labute approximate surface area is 188 Å². The summed E-state index contributed by atoms with van der Waals surface area (Å²) in [6, 6.07) is 31.3. The summed E-state index contributed by atoms with van der Waals surface area (Å²) in [6.07, 6.45) is 0. The van der Waals surface area contributed by atoms with E-state index in [-0.39, 0.29) is 5.41 Å². The second-order valence-corrected chi connectivity index (χ2v) is 9.60. The van der Waals surface area contributed by atoms with E-state index in [1.165, 1.54) is 44.5 Å². The van der Waals surface area contributed by atoms with Crippen molar-refractivity contribution in [3.8, 4) is 11.1 Å². The van der Waals surface area contributed by atoms with Crippen molar-refractivity contribution in [1.82, 2.24) is 0 Å². The Kier molecular flexibility index (Phi) is 4.53. The predicted octanol–water partition coefficient (Wildman–Crippen LogP) is 8.19. The number of aryl methyl sites for hydroxylation is 2. The minimum atomic E-state index is -0.348. The van der Waals surface area contributed by atoms with E-state index in [9.17, 15) is 0 Å². The van der Waals surface area contributed by atoms with Crippen molar-refractivity contribution in [3.63, 3.8) is 0 Å². The van der Waals surface area contributed by atoms with E-state index < -0.39 is 0 Å². The van der Waals surface area contributed by atoms with Crippen LogP contribution in [-0.2, 0) is 5.41 Å². The van der Waals surface area contributed by atoms with E-state index in [4.69, 9.17) is 0 Å². The van der Waals surface area contributed by atoms with E-state index in [0.29, 0.717) is 0 Å². The van der Waals surface area contributed by atoms with Gasteiger partial charge < -0.3 is 0 Å². The van der Waals surface area contributed by atoms with Gasteiger partial charge in [-0.1, -0.05) is 110 Å². The quantitative estimate of drug-likeness (QED) is 0.228. The molecular weight excluding hydrogens is 484 g/mol. The van der Waals surface area contributed by atoms with Crippen LogP contribution in [0.2, 0.25) is 0 Å². The Balaban J connectivity index is 1.98. The standard InChI is InChI=1S/C27H20Br2/c1-17-6-10-19(11-7-17)27(20-12-8-18(2)9-13-20)23-4-3-5-25(29)26(23)22-15-14-21(28)16-24(22)27/h3-16H,1-2H3. The maximum atomic E-state index is 3.84. The van der Waals surface area contributed by atoms with E-state index in [1.54, 1.807) is 0 Å². The van der Waals surface area contributed by atoms with Gasteiger partial charge in [-0.05, 0) is 59.9 Å². The molecule has 0 amide bonds. The molecule has 1 aliphatic rings. The summed E-state index contributed by atoms with van der Waals surface area (Å²) in [5, 5.41) is 0. The van der Waals surface area contributed by atoms with Crippen LogP contribution in [0.25, 0.3) is 11.1 Å². The first kappa shape index (κ1) is 18.8. The second-order valence-electron chi connectivity index (χ2n) is 7.83. The smallest absolute Gasteiger partial charge is 0.0608 e. The average molecular weight is 504 g/mol. The predicted molar refractivity (Wildman–Crippen MR) is 129 cm³/mol. The van der Waals surface area contributed by atoms with Crippen molar-refractivity contribution < 1.29 is 0 Å². The monoisotopic (exact) mass is 502 g/mol. The third kappa shape index (κ3) is 2.77. The van der Waals surface area contributed by atoms with Crippen LogP contribution in [0.3, 0.4) is 0 Å². The zero-order chi connectivity index (χ0) is 20.2. The Hall–Kier alpha value is -2.16. The molecule has 5 rings (SSSR count). The highest BCUT2D eigenvalue weighted by Crippen LogP contribution is 2.58. The van der Waals surface area contributed by atoms with Gasteiger partial charge in [0.1, 0.15) is 0 Å². The molecule has 2 heteroatoms. The third-order valence-corrected chi connectivity index (χ3v) is 7.20. The molecule has 4 aromatic rings. The zero-order valence-corrected chi connectivity index (χ0v) is 19.5. The average Bonchev–Trinajstić information content (AvgIpc) is 3.01. The minimum Gasteiger partial charge on any atom is -0.0608 e. The van der Waals surface area contributed by atoms with Crippen LogP contribution >= 0.6 is 31.9 Å². The van der Waals surface area contributed by atoms with Crippen LogP contribution in [0.5, 0.6) is 0 Å². The molecule has 0 fully saturated rings. The Morgan fingerprint density at radius 1 is 0.621 bits per heavy atom. The van der Waals surface area contributed by atoms with Crippen molar-refractivity contribution in [2.24, 2.45) is 0 Å². The molecular formula is C27H20Br2. The summed E-state index contributed by atoms with van der Waals surface area (Å²) in [5.41, 5.74) is 10.0. The van der Waals surface area contributed by atoms with Crippen LogP contribution in [-0.4, -0.2) is 0 Å². The Bertz CT molecular complexity index is 1170. The molecule has 0 saturated carbocycles. The fourth-order valence-corrected chi connectivity index (χ4v) is 5.64. The van der Waals surface area contributed by atoms with Crippen molar-refractivity contribution in [3.05, 3.63) is 127 Å². The number of hydrogen-bond acceptors (Lipinski definition) is 0. The van der Waals surface area contributed by atoms with Gasteiger partial charge in [0.25, 0.3) is 0 Å². The molecule has 0 atom stereocenters. The summed E-state index contributed by atoms with van der Waals surface area (Å²) < 4.78 is 2.24. The highest BCUT2D eigenvalue weighted by Gasteiger charge is 2.46. The first-order valence-corrected chi connectivity index (χ1v) is 11.3. The summed E-state index contributed by atoms with van der Waals surface area (Å²) in [5.74, 6) is 0. The lowest BCUT2D eigenvalue weighted by Crippen LogP contribution is -2.28. The van der Waals surface area contributed by atoms with E-state index >= 15 is 0 Å². The summed E-state index contributed by atoms with van der Waals surface area (Å²) in [6.45, 7) is 4.29. The first-order chi connectivity index (χ1) is 14.0. The van der Waals surface area contributed by atoms with E-state index in [0.717, 1.165) is 8.95 Å². The molecule has 0 N–H and O–H groups in total. The maximum absolute atomic E-state index is 3.84. The van der Waals surface area contributed by atoms with E-state index in [2.05, 4.69) is 131 Å². The molecule has 0 bridgehead atoms. The molecule has 29 heavy (non-hydrogen) atoms. The molecule has 0 heterocycles. The molecule has 0 spiro atoms. The lowest BCUT2D eigenvalue weighted by atomic mass is 9.67. The Morgan fingerprint density at radius 3 is 1.79 bits per heavy atom. The van der Waals surface area contributed by atoms with Crippen molar-refractivity contribution in [2.45, 2.75) is 19.3 Å². The maximum Gasteiger partial charge on any atom is 0.0714 e. The first-order valence-electron chi connectivity index (χ1n) is 9.75. The molecule has 1 aliphatic carbocycles.